The first-order chi connectivity index (χ1) is 15.5. The van der Waals surface area contributed by atoms with Gasteiger partial charge in [0.1, 0.15) is 7.11 Å². The lowest BCUT2D eigenvalue weighted by atomic mass is 9.86. The fourth-order valence-electron chi connectivity index (χ4n) is 4.49. The van der Waals surface area contributed by atoms with Crippen LogP contribution in [0.15, 0.2) is 59.8 Å². The predicted octanol–water partition coefficient (Wildman–Crippen LogP) is 7.39. The fourth-order valence-corrected chi connectivity index (χ4v) is 4.49. The maximum Gasteiger partial charge on any atom is 0.416 e. The van der Waals surface area contributed by atoms with Gasteiger partial charge in [0.2, 0.25) is 0 Å². The maximum absolute atomic E-state index is 13.2. The Morgan fingerprint density at radius 2 is 1.52 bits per heavy atom. The SMILES string of the molecule is CON=C1CC(C)Cc2c1cc(-c1ccc(C(C)(C)C)cc1)n2-c1ccc(C(F)(F)F)cc1. The van der Waals surface area contributed by atoms with Crippen LogP contribution in [0.5, 0.6) is 0 Å². The number of benzene rings is 2. The molecule has 174 valence electrons. The summed E-state index contributed by atoms with van der Waals surface area (Å²) in [5, 5.41) is 4.26. The van der Waals surface area contributed by atoms with Gasteiger partial charge in [-0.05, 0) is 65.6 Å². The maximum atomic E-state index is 13.2. The summed E-state index contributed by atoms with van der Waals surface area (Å²) in [7, 11) is 1.53. The van der Waals surface area contributed by atoms with Gasteiger partial charge in [-0.2, -0.15) is 13.2 Å². The lowest BCUT2D eigenvalue weighted by molar-refractivity contribution is -0.137. The van der Waals surface area contributed by atoms with E-state index < -0.39 is 11.7 Å². The summed E-state index contributed by atoms with van der Waals surface area (Å²) in [4.78, 5) is 5.11. The highest BCUT2D eigenvalue weighted by Crippen LogP contribution is 2.37. The third-order valence-corrected chi connectivity index (χ3v) is 6.20. The lowest BCUT2D eigenvalue weighted by Gasteiger charge is -2.23. The monoisotopic (exact) mass is 454 g/mol. The van der Waals surface area contributed by atoms with Crippen molar-refractivity contribution < 1.29 is 18.0 Å². The lowest BCUT2D eigenvalue weighted by Crippen LogP contribution is -2.20. The average molecular weight is 455 g/mol. The third-order valence-electron chi connectivity index (χ3n) is 6.20. The van der Waals surface area contributed by atoms with E-state index in [0.717, 1.165) is 53.2 Å². The molecule has 1 aromatic heterocycles. The van der Waals surface area contributed by atoms with Crippen molar-refractivity contribution in [2.75, 3.05) is 7.11 Å². The van der Waals surface area contributed by atoms with Crippen molar-refractivity contribution in [3.05, 3.63) is 77.0 Å². The summed E-state index contributed by atoms with van der Waals surface area (Å²) >= 11 is 0. The second-order valence-electron chi connectivity index (χ2n) is 9.83. The number of alkyl halides is 3. The molecule has 0 N–H and O–H groups in total. The van der Waals surface area contributed by atoms with Crippen molar-refractivity contribution in [1.29, 1.82) is 0 Å². The van der Waals surface area contributed by atoms with Crippen molar-refractivity contribution in [3.8, 4) is 16.9 Å². The van der Waals surface area contributed by atoms with E-state index in [9.17, 15) is 13.2 Å². The molecule has 3 nitrogen and oxygen atoms in total. The molecule has 6 heteroatoms. The van der Waals surface area contributed by atoms with E-state index in [2.05, 4.69) is 67.7 Å². The fraction of sp³-hybridized carbons (Fsp3) is 0.370. The predicted molar refractivity (Wildman–Crippen MR) is 126 cm³/mol. The molecule has 0 bridgehead atoms. The molecule has 2 aromatic carbocycles. The van der Waals surface area contributed by atoms with E-state index in [1.807, 2.05) is 0 Å². The summed E-state index contributed by atoms with van der Waals surface area (Å²) in [6.45, 7) is 8.65. The number of aromatic nitrogens is 1. The van der Waals surface area contributed by atoms with Crippen LogP contribution in [0.1, 0.15) is 56.5 Å². The molecular formula is C27H29F3N2O. The van der Waals surface area contributed by atoms with Crippen LogP contribution in [0.3, 0.4) is 0 Å². The molecule has 0 amide bonds. The number of hydrogen-bond acceptors (Lipinski definition) is 2. The van der Waals surface area contributed by atoms with E-state index >= 15 is 0 Å². The minimum Gasteiger partial charge on any atom is -0.399 e. The van der Waals surface area contributed by atoms with Crippen LogP contribution in [0.25, 0.3) is 16.9 Å². The Kier molecular flexibility index (Phi) is 5.89. The number of fused-ring (bicyclic) bond motifs is 1. The molecular weight excluding hydrogens is 425 g/mol. The van der Waals surface area contributed by atoms with Gasteiger partial charge in [0.25, 0.3) is 0 Å². The smallest absolute Gasteiger partial charge is 0.399 e. The largest absolute Gasteiger partial charge is 0.416 e. The normalized spacial score (nSPS) is 17.8. The van der Waals surface area contributed by atoms with E-state index in [0.29, 0.717) is 11.6 Å². The number of oxime groups is 1. The molecule has 0 saturated heterocycles. The minimum atomic E-state index is -4.37. The Morgan fingerprint density at radius 1 is 0.909 bits per heavy atom. The summed E-state index contributed by atoms with van der Waals surface area (Å²) in [5.41, 5.74) is 6.12. The highest BCUT2D eigenvalue weighted by molar-refractivity contribution is 6.03. The zero-order chi connectivity index (χ0) is 24.0. The summed E-state index contributed by atoms with van der Waals surface area (Å²) in [5.74, 6) is 0.339. The quantitative estimate of drug-likeness (QED) is 0.379. The Labute approximate surface area is 192 Å². The Hall–Kier alpha value is -3.02. The first kappa shape index (κ1) is 23.1. The van der Waals surface area contributed by atoms with E-state index in [1.165, 1.54) is 12.7 Å². The van der Waals surface area contributed by atoms with Crippen molar-refractivity contribution >= 4 is 5.71 Å². The second kappa shape index (κ2) is 8.40. The molecule has 0 fully saturated rings. The van der Waals surface area contributed by atoms with Crippen LogP contribution in [0.2, 0.25) is 0 Å². The number of rotatable bonds is 3. The molecule has 0 radical (unpaired) electrons. The molecule has 33 heavy (non-hydrogen) atoms. The molecule has 1 atom stereocenters. The van der Waals surface area contributed by atoms with E-state index in [4.69, 9.17) is 4.84 Å². The van der Waals surface area contributed by atoms with Gasteiger partial charge in [-0.15, -0.1) is 0 Å². The van der Waals surface area contributed by atoms with Crippen LogP contribution in [-0.2, 0) is 22.8 Å². The third kappa shape index (κ3) is 4.56. The highest BCUT2D eigenvalue weighted by atomic mass is 19.4. The van der Waals surface area contributed by atoms with Gasteiger partial charge in [-0.3, -0.25) is 0 Å². The van der Waals surface area contributed by atoms with Gasteiger partial charge >= 0.3 is 6.18 Å². The number of nitrogens with zero attached hydrogens (tertiary/aromatic N) is 2. The molecule has 0 aliphatic heterocycles. The molecule has 0 spiro atoms. The van der Waals surface area contributed by atoms with Crippen molar-refractivity contribution in [3.63, 3.8) is 0 Å². The number of hydrogen-bond donors (Lipinski definition) is 0. The van der Waals surface area contributed by atoms with Crippen LogP contribution < -0.4 is 0 Å². The standard InChI is InChI=1S/C27H29F3N2O/c1-17-14-23(31-33-5)22-16-24(18-6-8-19(9-7-18)26(2,3)4)32(25(22)15-17)21-12-10-20(11-13-21)27(28,29)30/h6-13,16-17H,14-15H2,1-5H3. The van der Waals surface area contributed by atoms with Crippen LogP contribution in [0.4, 0.5) is 13.2 Å². The first-order valence-corrected chi connectivity index (χ1v) is 11.1. The highest BCUT2D eigenvalue weighted by Gasteiger charge is 2.31. The Balaban J connectivity index is 1.91. The summed E-state index contributed by atoms with van der Waals surface area (Å²) < 4.78 is 41.6. The molecule has 1 aliphatic rings. The van der Waals surface area contributed by atoms with Gasteiger partial charge in [-0.1, -0.05) is 57.1 Å². The Bertz CT molecular complexity index is 1160. The van der Waals surface area contributed by atoms with Gasteiger partial charge in [0, 0.05) is 16.9 Å². The molecule has 1 unspecified atom stereocenters. The molecule has 3 aromatic rings. The zero-order valence-corrected chi connectivity index (χ0v) is 19.6. The van der Waals surface area contributed by atoms with Crippen LogP contribution in [-0.4, -0.2) is 17.4 Å². The zero-order valence-electron chi connectivity index (χ0n) is 19.6. The van der Waals surface area contributed by atoms with E-state index in [-0.39, 0.29) is 5.41 Å². The van der Waals surface area contributed by atoms with Crippen LogP contribution >= 0.6 is 0 Å². The topological polar surface area (TPSA) is 26.5 Å². The minimum absolute atomic E-state index is 0.0287. The van der Waals surface area contributed by atoms with Crippen molar-refractivity contribution in [1.82, 2.24) is 4.57 Å². The van der Waals surface area contributed by atoms with Gasteiger partial charge in [-0.25, -0.2) is 0 Å². The number of halogens is 3. The van der Waals surface area contributed by atoms with Crippen molar-refractivity contribution in [2.24, 2.45) is 11.1 Å². The molecule has 4 rings (SSSR count). The first-order valence-electron chi connectivity index (χ1n) is 11.1. The Morgan fingerprint density at radius 3 is 2.06 bits per heavy atom. The van der Waals surface area contributed by atoms with Gasteiger partial charge in [0.05, 0.1) is 17.0 Å². The second-order valence-corrected chi connectivity index (χ2v) is 9.83. The summed E-state index contributed by atoms with van der Waals surface area (Å²) in [6, 6.07) is 15.9. The van der Waals surface area contributed by atoms with Crippen LogP contribution in [0, 0.1) is 5.92 Å². The molecule has 1 aliphatic carbocycles. The molecule has 1 heterocycles. The molecule has 0 saturated carbocycles. The van der Waals surface area contributed by atoms with E-state index in [1.54, 1.807) is 12.1 Å². The average Bonchev–Trinajstić information content (AvgIpc) is 3.12. The summed E-state index contributed by atoms with van der Waals surface area (Å²) in [6.07, 6.45) is -2.77. The van der Waals surface area contributed by atoms with Gasteiger partial charge in [0.15, 0.2) is 0 Å². The van der Waals surface area contributed by atoms with Crippen molar-refractivity contribution in [2.45, 2.75) is 52.1 Å². The van der Waals surface area contributed by atoms with Gasteiger partial charge < -0.3 is 9.40 Å².